The minimum absolute atomic E-state index is 0.243. The van der Waals surface area contributed by atoms with Gasteiger partial charge in [0.1, 0.15) is 6.17 Å². The zero-order chi connectivity index (χ0) is 9.68. The number of aliphatic hydroxyl groups excluding tert-OH is 1. The molecule has 0 heterocycles. The molecule has 0 bridgehead atoms. The van der Waals surface area contributed by atoms with Crippen molar-refractivity contribution in [2.24, 2.45) is 11.8 Å². The van der Waals surface area contributed by atoms with Crippen LogP contribution in [0.3, 0.4) is 0 Å². The van der Waals surface area contributed by atoms with Crippen molar-refractivity contribution in [1.29, 1.82) is 0 Å². The third-order valence-corrected chi connectivity index (χ3v) is 3.35. The summed E-state index contributed by atoms with van der Waals surface area (Å²) in [5, 5.41) is 8.64. The molecule has 0 saturated heterocycles. The van der Waals surface area contributed by atoms with Crippen LogP contribution in [0.4, 0.5) is 4.39 Å². The topological polar surface area (TPSA) is 20.2 Å². The van der Waals surface area contributed by atoms with Crippen molar-refractivity contribution in [3.63, 3.8) is 0 Å². The molecule has 3 unspecified atom stereocenters. The zero-order valence-corrected chi connectivity index (χ0v) is 8.51. The Labute approximate surface area is 80.3 Å². The minimum Gasteiger partial charge on any atom is -0.396 e. The first-order chi connectivity index (χ1) is 6.25. The Hall–Kier alpha value is -0.110. The second kappa shape index (κ2) is 5.58. The number of aliphatic hydroxyl groups is 1. The molecule has 0 aliphatic heterocycles. The molecule has 0 aromatic rings. The molecule has 0 spiro atoms. The minimum atomic E-state index is -0.576. The Morgan fingerprint density at radius 3 is 2.77 bits per heavy atom. The third kappa shape index (κ3) is 3.26. The molecule has 1 nitrogen and oxygen atoms in total. The normalized spacial score (nSPS) is 34.8. The highest BCUT2D eigenvalue weighted by Gasteiger charge is 2.28. The van der Waals surface area contributed by atoms with Crippen LogP contribution in [-0.4, -0.2) is 17.9 Å². The summed E-state index contributed by atoms with van der Waals surface area (Å²) in [6.07, 6.45) is 5.45. The number of halogens is 1. The number of hydrogen-bond acceptors (Lipinski definition) is 1. The molecule has 1 fully saturated rings. The highest BCUT2D eigenvalue weighted by molar-refractivity contribution is 4.79. The number of rotatable bonds is 4. The maximum Gasteiger partial charge on any atom is 0.103 e. The van der Waals surface area contributed by atoms with Gasteiger partial charge < -0.3 is 5.11 Å². The van der Waals surface area contributed by atoms with Crippen molar-refractivity contribution in [2.45, 2.75) is 51.6 Å². The summed E-state index contributed by atoms with van der Waals surface area (Å²) in [4.78, 5) is 0. The Bertz CT molecular complexity index is 138. The Morgan fingerprint density at radius 1 is 1.31 bits per heavy atom. The van der Waals surface area contributed by atoms with E-state index in [-0.39, 0.29) is 12.5 Å². The van der Waals surface area contributed by atoms with E-state index in [0.29, 0.717) is 5.92 Å². The summed E-state index contributed by atoms with van der Waals surface area (Å²) >= 11 is 0. The van der Waals surface area contributed by atoms with Crippen LogP contribution < -0.4 is 0 Å². The van der Waals surface area contributed by atoms with E-state index in [9.17, 15) is 4.39 Å². The van der Waals surface area contributed by atoms with Crippen molar-refractivity contribution in [2.75, 3.05) is 6.61 Å². The monoisotopic (exact) mass is 188 g/mol. The van der Waals surface area contributed by atoms with Gasteiger partial charge in [0.2, 0.25) is 0 Å². The Kier molecular flexibility index (Phi) is 4.71. The van der Waals surface area contributed by atoms with Crippen molar-refractivity contribution >= 4 is 0 Å². The fourth-order valence-corrected chi connectivity index (χ4v) is 2.32. The maximum absolute atomic E-state index is 13.3. The van der Waals surface area contributed by atoms with E-state index in [0.717, 1.165) is 32.1 Å². The van der Waals surface area contributed by atoms with Gasteiger partial charge in [-0.25, -0.2) is 4.39 Å². The van der Waals surface area contributed by atoms with Crippen molar-refractivity contribution in [3.05, 3.63) is 0 Å². The number of unbranched alkanes of at least 4 members (excludes halogenated alkanes) is 1. The van der Waals surface area contributed by atoms with Gasteiger partial charge in [-0.1, -0.05) is 26.2 Å². The van der Waals surface area contributed by atoms with Gasteiger partial charge in [-0.3, -0.25) is 0 Å². The standard InChI is InChI=1S/C11H21FO/c1-9-10(5-2-3-8-13)6-4-7-11(9)12/h9-11,13H,2-8H2,1H3. The predicted octanol–water partition coefficient (Wildman–Crippen LogP) is 2.92. The van der Waals surface area contributed by atoms with Gasteiger partial charge in [-0.2, -0.15) is 0 Å². The molecule has 3 atom stereocenters. The molecule has 1 aliphatic rings. The average molecular weight is 188 g/mol. The van der Waals surface area contributed by atoms with Crippen molar-refractivity contribution in [1.82, 2.24) is 0 Å². The second-order valence-electron chi connectivity index (χ2n) is 4.29. The van der Waals surface area contributed by atoms with Crippen LogP contribution in [0.1, 0.15) is 45.4 Å². The molecule has 0 radical (unpaired) electrons. The summed E-state index contributed by atoms with van der Waals surface area (Å²) in [5.74, 6) is 0.808. The van der Waals surface area contributed by atoms with E-state index in [4.69, 9.17) is 5.11 Å². The van der Waals surface area contributed by atoms with Gasteiger partial charge in [0, 0.05) is 6.61 Å². The fourth-order valence-electron chi connectivity index (χ4n) is 2.32. The van der Waals surface area contributed by atoms with E-state index < -0.39 is 6.17 Å². The first-order valence-corrected chi connectivity index (χ1v) is 5.50. The van der Waals surface area contributed by atoms with Gasteiger partial charge in [-0.15, -0.1) is 0 Å². The van der Waals surface area contributed by atoms with Crippen LogP contribution in [0.15, 0.2) is 0 Å². The smallest absolute Gasteiger partial charge is 0.103 e. The quantitative estimate of drug-likeness (QED) is 0.672. The van der Waals surface area contributed by atoms with Gasteiger partial charge in [0.15, 0.2) is 0 Å². The van der Waals surface area contributed by atoms with Crippen molar-refractivity contribution in [3.8, 4) is 0 Å². The summed E-state index contributed by atoms with van der Waals surface area (Å²) in [7, 11) is 0. The summed E-state index contributed by atoms with van der Waals surface area (Å²) in [6, 6.07) is 0. The van der Waals surface area contributed by atoms with Crippen LogP contribution in [0, 0.1) is 11.8 Å². The first-order valence-electron chi connectivity index (χ1n) is 5.50. The average Bonchev–Trinajstić information content (AvgIpc) is 2.13. The molecule has 1 rings (SSSR count). The lowest BCUT2D eigenvalue weighted by molar-refractivity contribution is 0.111. The van der Waals surface area contributed by atoms with Crippen molar-refractivity contribution < 1.29 is 9.50 Å². The highest BCUT2D eigenvalue weighted by Crippen LogP contribution is 2.34. The van der Waals surface area contributed by atoms with Gasteiger partial charge in [0.25, 0.3) is 0 Å². The van der Waals surface area contributed by atoms with E-state index in [1.165, 1.54) is 6.42 Å². The Morgan fingerprint density at radius 2 is 2.08 bits per heavy atom. The molecular weight excluding hydrogens is 167 g/mol. The molecule has 78 valence electrons. The fraction of sp³-hybridized carbons (Fsp3) is 1.00. The molecular formula is C11H21FO. The van der Waals surface area contributed by atoms with Crippen LogP contribution >= 0.6 is 0 Å². The summed E-state index contributed by atoms with van der Waals surface area (Å²) in [5.41, 5.74) is 0. The lowest BCUT2D eigenvalue weighted by atomic mass is 9.77. The molecule has 13 heavy (non-hydrogen) atoms. The number of hydrogen-bond donors (Lipinski definition) is 1. The van der Waals surface area contributed by atoms with E-state index >= 15 is 0 Å². The predicted molar refractivity (Wildman–Crippen MR) is 52.3 cm³/mol. The second-order valence-corrected chi connectivity index (χ2v) is 4.29. The van der Waals surface area contributed by atoms with Crippen LogP contribution in [0.5, 0.6) is 0 Å². The van der Waals surface area contributed by atoms with Gasteiger partial charge in [-0.05, 0) is 31.1 Å². The van der Waals surface area contributed by atoms with Gasteiger partial charge >= 0.3 is 0 Å². The molecule has 0 amide bonds. The summed E-state index contributed by atoms with van der Waals surface area (Å²) < 4.78 is 13.3. The SMILES string of the molecule is CC1C(F)CCCC1CCCCO. The molecule has 0 aromatic carbocycles. The molecule has 0 aromatic heterocycles. The molecule has 1 N–H and O–H groups in total. The molecule has 1 saturated carbocycles. The van der Waals surface area contributed by atoms with Crippen LogP contribution in [0.2, 0.25) is 0 Å². The van der Waals surface area contributed by atoms with Gasteiger partial charge in [0.05, 0.1) is 0 Å². The van der Waals surface area contributed by atoms with Crippen LogP contribution in [0.25, 0.3) is 0 Å². The zero-order valence-electron chi connectivity index (χ0n) is 8.51. The highest BCUT2D eigenvalue weighted by atomic mass is 19.1. The van der Waals surface area contributed by atoms with E-state index in [1.54, 1.807) is 0 Å². The van der Waals surface area contributed by atoms with Crippen LogP contribution in [-0.2, 0) is 0 Å². The molecule has 1 aliphatic carbocycles. The van der Waals surface area contributed by atoms with E-state index in [1.807, 2.05) is 6.92 Å². The van der Waals surface area contributed by atoms with E-state index in [2.05, 4.69) is 0 Å². The Balaban J connectivity index is 2.23. The lowest BCUT2D eigenvalue weighted by Gasteiger charge is -2.31. The maximum atomic E-state index is 13.3. The lowest BCUT2D eigenvalue weighted by Crippen LogP contribution is -2.27. The molecule has 2 heteroatoms. The third-order valence-electron chi connectivity index (χ3n) is 3.35. The largest absolute Gasteiger partial charge is 0.396 e. The first kappa shape index (κ1) is 11.0. The summed E-state index contributed by atoms with van der Waals surface area (Å²) in [6.45, 7) is 2.31. The number of alkyl halides is 1.